The number of thioether (sulfide) groups is 1. The van der Waals surface area contributed by atoms with Gasteiger partial charge in [-0.25, -0.2) is 4.98 Å². The maximum Gasteiger partial charge on any atom is 0.255 e. The molecule has 0 saturated carbocycles. The van der Waals surface area contributed by atoms with Crippen molar-refractivity contribution in [3.63, 3.8) is 0 Å². The molecule has 3 aromatic carbocycles. The standard InChI is InChI=1S/C26H24N4O2S/c1-18(21-9-6-10-22(17-21)29-25(32)19-7-4-3-5-8-19)28-24(31)20-11-13-23(14-12-20)30-16-15-27-26(30)33-2/h3-18H,1-2H3,(H,28,31)(H,29,32). The number of benzene rings is 3. The number of carbonyl (C=O) groups excluding carboxylic acids is 2. The van der Waals surface area contributed by atoms with Gasteiger partial charge in [-0.3, -0.25) is 14.2 Å². The summed E-state index contributed by atoms with van der Waals surface area (Å²) in [6.45, 7) is 1.92. The molecule has 166 valence electrons. The van der Waals surface area contributed by atoms with Crippen LogP contribution in [0.15, 0.2) is 96.4 Å². The highest BCUT2D eigenvalue weighted by molar-refractivity contribution is 7.98. The molecule has 0 spiro atoms. The van der Waals surface area contributed by atoms with Gasteiger partial charge in [0.15, 0.2) is 5.16 Å². The number of aromatic nitrogens is 2. The Balaban J connectivity index is 1.41. The summed E-state index contributed by atoms with van der Waals surface area (Å²) < 4.78 is 1.98. The first-order valence-electron chi connectivity index (χ1n) is 10.5. The van der Waals surface area contributed by atoms with Crippen LogP contribution in [-0.4, -0.2) is 27.6 Å². The Hall–Kier alpha value is -3.84. The Morgan fingerprint density at radius 2 is 1.64 bits per heavy atom. The van der Waals surface area contributed by atoms with Gasteiger partial charge in [-0.1, -0.05) is 42.1 Å². The fraction of sp³-hybridized carbons (Fsp3) is 0.115. The number of hydrogen-bond acceptors (Lipinski definition) is 4. The average molecular weight is 457 g/mol. The molecule has 0 radical (unpaired) electrons. The van der Waals surface area contributed by atoms with Crippen molar-refractivity contribution in [3.8, 4) is 5.69 Å². The normalized spacial score (nSPS) is 11.6. The summed E-state index contributed by atoms with van der Waals surface area (Å²) in [4.78, 5) is 29.5. The van der Waals surface area contributed by atoms with Gasteiger partial charge in [0.2, 0.25) is 0 Å². The minimum atomic E-state index is -0.234. The third-order valence-electron chi connectivity index (χ3n) is 5.23. The molecule has 1 aromatic heterocycles. The van der Waals surface area contributed by atoms with Gasteiger partial charge in [0.05, 0.1) is 6.04 Å². The van der Waals surface area contributed by atoms with Crippen LogP contribution in [0.25, 0.3) is 5.69 Å². The number of anilines is 1. The molecule has 1 atom stereocenters. The van der Waals surface area contributed by atoms with E-state index in [2.05, 4.69) is 15.6 Å². The van der Waals surface area contributed by atoms with Crippen molar-refractivity contribution in [2.75, 3.05) is 11.6 Å². The van der Waals surface area contributed by atoms with Crippen LogP contribution >= 0.6 is 11.8 Å². The van der Waals surface area contributed by atoms with E-state index in [0.29, 0.717) is 16.8 Å². The van der Waals surface area contributed by atoms with Gasteiger partial charge >= 0.3 is 0 Å². The van der Waals surface area contributed by atoms with E-state index in [9.17, 15) is 9.59 Å². The minimum Gasteiger partial charge on any atom is -0.346 e. The van der Waals surface area contributed by atoms with E-state index in [1.54, 1.807) is 42.2 Å². The van der Waals surface area contributed by atoms with Crippen LogP contribution in [-0.2, 0) is 0 Å². The van der Waals surface area contributed by atoms with Crippen molar-refractivity contribution in [1.29, 1.82) is 0 Å². The first kappa shape index (κ1) is 22.4. The average Bonchev–Trinajstić information content (AvgIpc) is 3.34. The highest BCUT2D eigenvalue weighted by Gasteiger charge is 2.13. The molecule has 0 aliphatic rings. The molecule has 1 heterocycles. The van der Waals surface area contributed by atoms with Crippen LogP contribution in [0.2, 0.25) is 0 Å². The maximum atomic E-state index is 12.8. The van der Waals surface area contributed by atoms with Crippen LogP contribution in [0, 0.1) is 0 Å². The van der Waals surface area contributed by atoms with Gasteiger partial charge in [-0.2, -0.15) is 0 Å². The molecule has 0 aliphatic carbocycles. The molecule has 33 heavy (non-hydrogen) atoms. The molecule has 0 saturated heterocycles. The van der Waals surface area contributed by atoms with Gasteiger partial charge in [0.25, 0.3) is 11.8 Å². The fourth-order valence-corrected chi connectivity index (χ4v) is 3.98. The lowest BCUT2D eigenvalue weighted by atomic mass is 10.1. The zero-order chi connectivity index (χ0) is 23.2. The predicted molar refractivity (Wildman–Crippen MR) is 132 cm³/mol. The Morgan fingerprint density at radius 1 is 0.909 bits per heavy atom. The zero-order valence-electron chi connectivity index (χ0n) is 18.4. The van der Waals surface area contributed by atoms with Gasteiger partial charge in [0.1, 0.15) is 0 Å². The minimum absolute atomic E-state index is 0.163. The first-order chi connectivity index (χ1) is 16.0. The van der Waals surface area contributed by atoms with Gasteiger partial charge < -0.3 is 10.6 Å². The van der Waals surface area contributed by atoms with Crippen LogP contribution in [0.1, 0.15) is 39.2 Å². The maximum absolute atomic E-state index is 12.8. The van der Waals surface area contributed by atoms with Gasteiger partial charge in [-0.05, 0) is 67.3 Å². The highest BCUT2D eigenvalue weighted by atomic mass is 32.2. The molecule has 4 aromatic rings. The smallest absolute Gasteiger partial charge is 0.255 e. The Labute approximate surface area is 197 Å². The topological polar surface area (TPSA) is 76.0 Å². The summed E-state index contributed by atoms with van der Waals surface area (Å²) in [6.07, 6.45) is 5.63. The SMILES string of the molecule is CSc1nccn1-c1ccc(C(=O)NC(C)c2cccc(NC(=O)c3ccccc3)c2)cc1. The Bertz CT molecular complexity index is 1250. The lowest BCUT2D eigenvalue weighted by Crippen LogP contribution is -2.26. The van der Waals surface area contributed by atoms with Crippen LogP contribution < -0.4 is 10.6 Å². The van der Waals surface area contributed by atoms with Crippen LogP contribution in [0.3, 0.4) is 0 Å². The van der Waals surface area contributed by atoms with E-state index in [0.717, 1.165) is 16.4 Å². The molecular formula is C26H24N4O2S. The summed E-state index contributed by atoms with van der Waals surface area (Å²) in [7, 11) is 0. The largest absolute Gasteiger partial charge is 0.346 e. The molecular weight excluding hydrogens is 432 g/mol. The molecule has 0 aliphatic heterocycles. The van der Waals surface area contributed by atoms with Crippen molar-refractivity contribution in [3.05, 3.63) is 108 Å². The third-order valence-corrected chi connectivity index (χ3v) is 5.89. The second kappa shape index (κ2) is 10.2. The number of nitrogens with zero attached hydrogens (tertiary/aromatic N) is 2. The molecule has 2 amide bonds. The highest BCUT2D eigenvalue weighted by Crippen LogP contribution is 2.21. The Morgan fingerprint density at radius 3 is 2.36 bits per heavy atom. The number of nitrogens with one attached hydrogen (secondary N) is 2. The van der Waals surface area contributed by atoms with E-state index in [1.807, 2.05) is 78.5 Å². The molecule has 0 bridgehead atoms. The summed E-state index contributed by atoms with van der Waals surface area (Å²) in [5.74, 6) is -0.337. The molecule has 0 fully saturated rings. The van der Waals surface area contributed by atoms with E-state index >= 15 is 0 Å². The molecule has 6 nitrogen and oxygen atoms in total. The predicted octanol–water partition coefficient (Wildman–Crippen LogP) is 5.34. The lowest BCUT2D eigenvalue weighted by Gasteiger charge is -2.16. The van der Waals surface area contributed by atoms with E-state index in [1.165, 1.54) is 0 Å². The molecule has 4 rings (SSSR count). The van der Waals surface area contributed by atoms with Crippen molar-refractivity contribution in [2.24, 2.45) is 0 Å². The van der Waals surface area contributed by atoms with Crippen molar-refractivity contribution in [1.82, 2.24) is 14.9 Å². The van der Waals surface area contributed by atoms with E-state index in [4.69, 9.17) is 0 Å². The number of rotatable bonds is 7. The summed E-state index contributed by atoms with van der Waals surface area (Å²) in [5.41, 5.74) is 3.69. The van der Waals surface area contributed by atoms with Crippen molar-refractivity contribution >= 4 is 29.3 Å². The second-order valence-corrected chi connectivity index (χ2v) is 8.24. The monoisotopic (exact) mass is 456 g/mol. The first-order valence-corrected chi connectivity index (χ1v) is 11.7. The van der Waals surface area contributed by atoms with Gasteiger partial charge in [0, 0.05) is 34.9 Å². The Kier molecular flexibility index (Phi) is 6.90. The van der Waals surface area contributed by atoms with Gasteiger partial charge in [-0.15, -0.1) is 0 Å². The fourth-order valence-electron chi connectivity index (χ4n) is 3.45. The second-order valence-electron chi connectivity index (χ2n) is 7.47. The van der Waals surface area contributed by atoms with E-state index in [-0.39, 0.29) is 17.9 Å². The quantitative estimate of drug-likeness (QED) is 0.368. The van der Waals surface area contributed by atoms with Crippen molar-refractivity contribution in [2.45, 2.75) is 18.1 Å². The zero-order valence-corrected chi connectivity index (χ0v) is 19.2. The number of hydrogen-bond donors (Lipinski definition) is 2. The van der Waals surface area contributed by atoms with Crippen LogP contribution in [0.4, 0.5) is 5.69 Å². The van der Waals surface area contributed by atoms with Crippen molar-refractivity contribution < 1.29 is 9.59 Å². The third kappa shape index (κ3) is 5.32. The van der Waals surface area contributed by atoms with Crippen LogP contribution in [0.5, 0.6) is 0 Å². The molecule has 7 heteroatoms. The molecule has 2 N–H and O–H groups in total. The van der Waals surface area contributed by atoms with E-state index < -0.39 is 0 Å². The number of amides is 2. The summed E-state index contributed by atoms with van der Waals surface area (Å²) in [5, 5.41) is 6.82. The summed E-state index contributed by atoms with van der Waals surface area (Å²) in [6, 6.07) is 23.7. The number of carbonyl (C=O) groups is 2. The number of imidazole rings is 1. The lowest BCUT2D eigenvalue weighted by molar-refractivity contribution is 0.0939. The summed E-state index contributed by atoms with van der Waals surface area (Å²) >= 11 is 1.56. The molecule has 1 unspecified atom stereocenters.